The second kappa shape index (κ2) is 4.23. The molecule has 0 saturated heterocycles. The summed E-state index contributed by atoms with van der Waals surface area (Å²) in [7, 11) is -3.53. The minimum Gasteiger partial charge on any atom is -0.299 e. The van der Waals surface area contributed by atoms with E-state index >= 15 is 0 Å². The number of para-hydroxylation sites is 1. The van der Waals surface area contributed by atoms with Crippen LogP contribution in [0.2, 0.25) is 0 Å². The number of sulfonamides is 1. The molecular weight excluding hydrogens is 202 g/mol. The van der Waals surface area contributed by atoms with Gasteiger partial charge in [-0.15, -0.1) is 0 Å². The van der Waals surface area contributed by atoms with Crippen molar-refractivity contribution < 1.29 is 13.2 Å². The highest BCUT2D eigenvalue weighted by atomic mass is 32.2. The highest BCUT2D eigenvalue weighted by Crippen LogP contribution is 2.07. The Labute approximate surface area is 83.0 Å². The van der Waals surface area contributed by atoms with Crippen LogP contribution in [0.15, 0.2) is 30.3 Å². The van der Waals surface area contributed by atoms with Crippen LogP contribution >= 0.6 is 0 Å². The molecule has 0 amide bonds. The highest BCUT2D eigenvalue weighted by Gasteiger charge is 2.12. The first-order chi connectivity index (χ1) is 6.49. The van der Waals surface area contributed by atoms with Crippen molar-refractivity contribution in [2.45, 2.75) is 6.92 Å². The number of nitrogens with one attached hydrogen (secondary N) is 1. The number of hydrogen-bond donors (Lipinski definition) is 1. The molecule has 14 heavy (non-hydrogen) atoms. The van der Waals surface area contributed by atoms with Crippen molar-refractivity contribution >= 4 is 21.5 Å². The molecule has 1 rings (SSSR count). The normalized spacial score (nSPS) is 10.9. The van der Waals surface area contributed by atoms with Crippen LogP contribution in [-0.2, 0) is 14.8 Å². The molecule has 1 aromatic carbocycles. The van der Waals surface area contributed by atoms with E-state index in [2.05, 4.69) is 4.72 Å². The Kier molecular flexibility index (Phi) is 3.24. The van der Waals surface area contributed by atoms with E-state index in [9.17, 15) is 13.2 Å². The largest absolute Gasteiger partial charge is 0.299 e. The van der Waals surface area contributed by atoms with E-state index in [0.717, 1.165) is 0 Å². The molecule has 0 atom stereocenters. The van der Waals surface area contributed by atoms with Gasteiger partial charge in [0.25, 0.3) is 0 Å². The van der Waals surface area contributed by atoms with Crippen LogP contribution in [0.4, 0.5) is 5.69 Å². The van der Waals surface area contributed by atoms with Gasteiger partial charge in [-0.05, 0) is 19.1 Å². The molecule has 76 valence electrons. The molecule has 0 heterocycles. The minimum absolute atomic E-state index is 0.381. The standard InChI is InChI=1S/C9H11NO3S/c1-8(11)7-14(12,13)10-9-5-3-2-4-6-9/h2-6,10H,7H2,1H3. The molecule has 0 aliphatic carbocycles. The fourth-order valence-corrected chi connectivity index (χ4v) is 2.09. The Balaban J connectivity index is 2.74. The summed E-state index contributed by atoms with van der Waals surface area (Å²) in [4.78, 5) is 10.6. The molecule has 1 aromatic rings. The molecule has 0 unspecified atom stereocenters. The van der Waals surface area contributed by atoms with Gasteiger partial charge in [0.15, 0.2) is 0 Å². The van der Waals surface area contributed by atoms with Gasteiger partial charge in [0, 0.05) is 5.69 Å². The van der Waals surface area contributed by atoms with E-state index < -0.39 is 15.8 Å². The lowest BCUT2D eigenvalue weighted by atomic mass is 10.3. The van der Waals surface area contributed by atoms with Crippen LogP contribution in [-0.4, -0.2) is 20.0 Å². The van der Waals surface area contributed by atoms with Gasteiger partial charge in [0.05, 0.1) is 0 Å². The molecule has 0 aliphatic rings. The van der Waals surface area contributed by atoms with Crippen molar-refractivity contribution in [3.8, 4) is 0 Å². The van der Waals surface area contributed by atoms with Gasteiger partial charge in [-0.2, -0.15) is 0 Å². The first-order valence-electron chi connectivity index (χ1n) is 4.04. The first kappa shape index (κ1) is 10.7. The smallest absolute Gasteiger partial charge is 0.239 e. The second-order valence-corrected chi connectivity index (χ2v) is 4.65. The van der Waals surface area contributed by atoms with Gasteiger partial charge in [0.1, 0.15) is 11.5 Å². The van der Waals surface area contributed by atoms with E-state index in [-0.39, 0.29) is 5.78 Å². The number of ketones is 1. The van der Waals surface area contributed by atoms with Crippen LogP contribution in [0.5, 0.6) is 0 Å². The van der Waals surface area contributed by atoms with Gasteiger partial charge in [-0.25, -0.2) is 8.42 Å². The van der Waals surface area contributed by atoms with Crippen molar-refractivity contribution in [3.63, 3.8) is 0 Å². The zero-order valence-corrected chi connectivity index (χ0v) is 8.54. The van der Waals surface area contributed by atoms with E-state index in [1.54, 1.807) is 30.3 Å². The Morgan fingerprint density at radius 1 is 1.29 bits per heavy atom. The number of benzene rings is 1. The van der Waals surface area contributed by atoms with E-state index in [1.165, 1.54) is 6.92 Å². The number of rotatable bonds is 4. The molecule has 0 aliphatic heterocycles. The SMILES string of the molecule is CC(=O)CS(=O)(=O)Nc1ccccc1. The third-order valence-electron chi connectivity index (χ3n) is 1.44. The number of Topliss-reactive ketones (excluding diaryl/α,β-unsaturated/α-hetero) is 1. The maximum Gasteiger partial charge on any atom is 0.239 e. The Hall–Kier alpha value is -1.36. The number of carbonyl (C=O) groups excluding carboxylic acids is 1. The quantitative estimate of drug-likeness (QED) is 0.812. The summed E-state index contributed by atoms with van der Waals surface area (Å²) in [6.45, 7) is 1.24. The summed E-state index contributed by atoms with van der Waals surface area (Å²) in [6, 6.07) is 8.45. The average molecular weight is 213 g/mol. The highest BCUT2D eigenvalue weighted by molar-refractivity contribution is 7.93. The van der Waals surface area contributed by atoms with E-state index in [0.29, 0.717) is 5.69 Å². The molecule has 0 saturated carbocycles. The van der Waals surface area contributed by atoms with Crippen molar-refractivity contribution in [3.05, 3.63) is 30.3 Å². The van der Waals surface area contributed by atoms with Crippen LogP contribution in [0.25, 0.3) is 0 Å². The summed E-state index contributed by atoms with van der Waals surface area (Å²) in [5.41, 5.74) is 0.466. The first-order valence-corrected chi connectivity index (χ1v) is 5.70. The summed E-state index contributed by atoms with van der Waals surface area (Å²) in [5, 5.41) is 0. The molecule has 5 heteroatoms. The number of hydrogen-bond acceptors (Lipinski definition) is 3. The van der Waals surface area contributed by atoms with Gasteiger partial charge in [0.2, 0.25) is 10.0 Å². The van der Waals surface area contributed by atoms with Crippen molar-refractivity contribution in [1.82, 2.24) is 0 Å². The molecule has 1 N–H and O–H groups in total. The molecule has 0 radical (unpaired) electrons. The third-order valence-corrected chi connectivity index (χ3v) is 2.77. The van der Waals surface area contributed by atoms with E-state index in [4.69, 9.17) is 0 Å². The van der Waals surface area contributed by atoms with Crippen LogP contribution in [0.3, 0.4) is 0 Å². The summed E-state index contributed by atoms with van der Waals surface area (Å²) < 4.78 is 24.9. The summed E-state index contributed by atoms with van der Waals surface area (Å²) in [5.74, 6) is -0.865. The fourth-order valence-electron chi connectivity index (χ4n) is 0.989. The lowest BCUT2D eigenvalue weighted by molar-refractivity contribution is -0.114. The lowest BCUT2D eigenvalue weighted by Crippen LogP contribution is -2.20. The Bertz CT molecular complexity index is 411. The monoisotopic (exact) mass is 213 g/mol. The molecule has 0 bridgehead atoms. The zero-order chi connectivity index (χ0) is 10.6. The topological polar surface area (TPSA) is 63.2 Å². The Morgan fingerprint density at radius 2 is 1.86 bits per heavy atom. The van der Waals surface area contributed by atoms with Crippen LogP contribution in [0.1, 0.15) is 6.92 Å². The third kappa shape index (κ3) is 3.57. The average Bonchev–Trinajstić information content (AvgIpc) is 2.02. The van der Waals surface area contributed by atoms with Crippen molar-refractivity contribution in [1.29, 1.82) is 0 Å². The molecular formula is C9H11NO3S. The number of anilines is 1. The van der Waals surface area contributed by atoms with Gasteiger partial charge < -0.3 is 0 Å². The van der Waals surface area contributed by atoms with Gasteiger partial charge >= 0.3 is 0 Å². The maximum atomic E-state index is 11.3. The Morgan fingerprint density at radius 3 is 2.36 bits per heavy atom. The maximum absolute atomic E-state index is 11.3. The van der Waals surface area contributed by atoms with E-state index in [1.807, 2.05) is 0 Å². The predicted octanol–water partition coefficient (Wildman–Crippen LogP) is 1.02. The van der Waals surface area contributed by atoms with Gasteiger partial charge in [-0.1, -0.05) is 18.2 Å². The minimum atomic E-state index is -3.53. The summed E-state index contributed by atoms with van der Waals surface area (Å²) >= 11 is 0. The summed E-state index contributed by atoms with van der Waals surface area (Å²) in [6.07, 6.45) is 0. The fraction of sp³-hybridized carbons (Fsp3) is 0.222. The molecule has 4 nitrogen and oxygen atoms in total. The van der Waals surface area contributed by atoms with Crippen molar-refractivity contribution in [2.75, 3.05) is 10.5 Å². The van der Waals surface area contributed by atoms with Crippen molar-refractivity contribution in [2.24, 2.45) is 0 Å². The predicted molar refractivity (Wildman–Crippen MR) is 54.5 cm³/mol. The zero-order valence-electron chi connectivity index (χ0n) is 7.73. The molecule has 0 aromatic heterocycles. The molecule has 0 fully saturated rings. The lowest BCUT2D eigenvalue weighted by Gasteiger charge is -2.05. The van der Waals surface area contributed by atoms with Gasteiger partial charge in [-0.3, -0.25) is 9.52 Å². The second-order valence-electron chi connectivity index (χ2n) is 2.93. The number of carbonyl (C=O) groups is 1. The van der Waals surface area contributed by atoms with Crippen LogP contribution < -0.4 is 4.72 Å². The molecule has 0 spiro atoms. The van der Waals surface area contributed by atoms with Crippen LogP contribution in [0, 0.1) is 0 Å².